The molecule has 0 fully saturated rings. The van der Waals surface area contributed by atoms with Crippen LogP contribution in [-0.4, -0.2) is 20.2 Å². The molecule has 18 heavy (non-hydrogen) atoms. The molecule has 0 bridgehead atoms. The minimum absolute atomic E-state index is 0.0524. The standard InChI is InChI=1S/C15H26O2Si/c1-8-12-10-14(11(2)9-13(12)16)17-18(6,7)15(3,4)5/h8,10-11,14H,1,9H2,2-7H3/t11-,14+/m1/s1. The van der Waals surface area contributed by atoms with Crippen molar-refractivity contribution in [3.05, 3.63) is 24.3 Å². The number of allylic oxidation sites excluding steroid dienone is 2. The lowest BCUT2D eigenvalue weighted by Crippen LogP contribution is -2.46. The first-order valence-corrected chi connectivity index (χ1v) is 9.54. The van der Waals surface area contributed by atoms with Crippen LogP contribution in [0.25, 0.3) is 0 Å². The minimum Gasteiger partial charge on any atom is -0.410 e. The molecule has 0 saturated carbocycles. The van der Waals surface area contributed by atoms with Gasteiger partial charge in [-0.25, -0.2) is 0 Å². The van der Waals surface area contributed by atoms with E-state index in [1.807, 2.05) is 6.08 Å². The lowest BCUT2D eigenvalue weighted by atomic mass is 9.88. The second-order valence-corrected chi connectivity index (χ2v) is 11.5. The third kappa shape index (κ3) is 3.21. The van der Waals surface area contributed by atoms with Crippen LogP contribution in [0.1, 0.15) is 34.1 Å². The van der Waals surface area contributed by atoms with Gasteiger partial charge in [0, 0.05) is 12.0 Å². The molecule has 0 spiro atoms. The third-order valence-electron chi connectivity index (χ3n) is 4.19. The van der Waals surface area contributed by atoms with Crippen molar-refractivity contribution in [1.29, 1.82) is 0 Å². The molecule has 0 aromatic rings. The van der Waals surface area contributed by atoms with Gasteiger partial charge in [-0.3, -0.25) is 4.79 Å². The molecule has 3 heteroatoms. The first-order chi connectivity index (χ1) is 8.08. The van der Waals surface area contributed by atoms with E-state index in [1.54, 1.807) is 6.08 Å². The maximum Gasteiger partial charge on any atom is 0.192 e. The Balaban J connectivity index is 2.93. The number of Topliss-reactive ketones (excluding diaryl/α,β-unsaturated/α-hetero) is 1. The second-order valence-electron chi connectivity index (χ2n) is 6.77. The molecule has 0 amide bonds. The van der Waals surface area contributed by atoms with E-state index in [4.69, 9.17) is 4.43 Å². The Hall–Kier alpha value is -0.673. The first kappa shape index (κ1) is 15.4. The number of rotatable bonds is 3. The quantitative estimate of drug-likeness (QED) is 0.719. The van der Waals surface area contributed by atoms with Gasteiger partial charge in [0.15, 0.2) is 14.1 Å². The predicted molar refractivity (Wildman–Crippen MR) is 79.1 cm³/mol. The second kappa shape index (κ2) is 5.14. The maximum absolute atomic E-state index is 11.8. The molecule has 102 valence electrons. The van der Waals surface area contributed by atoms with Crippen molar-refractivity contribution in [2.24, 2.45) is 5.92 Å². The molecular formula is C15H26O2Si. The highest BCUT2D eigenvalue weighted by Crippen LogP contribution is 2.39. The monoisotopic (exact) mass is 266 g/mol. The van der Waals surface area contributed by atoms with Gasteiger partial charge in [-0.1, -0.05) is 40.3 Å². The van der Waals surface area contributed by atoms with Crippen LogP contribution in [0.5, 0.6) is 0 Å². The van der Waals surface area contributed by atoms with Crippen LogP contribution in [0.2, 0.25) is 18.1 Å². The molecule has 0 saturated heterocycles. The Morgan fingerprint density at radius 2 is 2.00 bits per heavy atom. The Bertz CT molecular complexity index is 374. The van der Waals surface area contributed by atoms with E-state index in [0.717, 1.165) is 5.57 Å². The smallest absolute Gasteiger partial charge is 0.192 e. The van der Waals surface area contributed by atoms with Crippen LogP contribution >= 0.6 is 0 Å². The summed E-state index contributed by atoms with van der Waals surface area (Å²) < 4.78 is 6.40. The fourth-order valence-corrected chi connectivity index (χ4v) is 3.14. The summed E-state index contributed by atoms with van der Waals surface area (Å²) in [5, 5.41) is 0.191. The highest BCUT2D eigenvalue weighted by Gasteiger charge is 2.40. The van der Waals surface area contributed by atoms with Gasteiger partial charge in [-0.2, -0.15) is 0 Å². The molecule has 0 N–H and O–H groups in total. The molecule has 0 aromatic heterocycles. The minimum atomic E-state index is -1.79. The largest absolute Gasteiger partial charge is 0.410 e. The van der Waals surface area contributed by atoms with E-state index in [1.165, 1.54) is 0 Å². The van der Waals surface area contributed by atoms with Crippen LogP contribution in [0.3, 0.4) is 0 Å². The number of hydrogen-bond donors (Lipinski definition) is 0. The summed E-state index contributed by atoms with van der Waals surface area (Å²) in [7, 11) is -1.79. The first-order valence-electron chi connectivity index (χ1n) is 6.64. The molecule has 0 aromatic carbocycles. The summed E-state index contributed by atoms with van der Waals surface area (Å²) in [6.07, 6.45) is 4.23. The van der Waals surface area contributed by atoms with Crippen molar-refractivity contribution in [2.45, 2.75) is 58.4 Å². The Morgan fingerprint density at radius 1 is 1.44 bits per heavy atom. The van der Waals surface area contributed by atoms with Gasteiger partial charge in [0.25, 0.3) is 0 Å². The number of hydrogen-bond acceptors (Lipinski definition) is 2. The number of carbonyl (C=O) groups excluding carboxylic acids is 1. The molecular weight excluding hydrogens is 240 g/mol. The summed E-state index contributed by atoms with van der Waals surface area (Å²) >= 11 is 0. The van der Waals surface area contributed by atoms with E-state index in [0.29, 0.717) is 6.42 Å². The van der Waals surface area contributed by atoms with Gasteiger partial charge in [0.05, 0.1) is 6.10 Å². The van der Waals surface area contributed by atoms with Crippen molar-refractivity contribution in [2.75, 3.05) is 0 Å². The number of carbonyl (C=O) groups is 1. The van der Waals surface area contributed by atoms with Gasteiger partial charge >= 0.3 is 0 Å². The lowest BCUT2D eigenvalue weighted by Gasteiger charge is -2.41. The van der Waals surface area contributed by atoms with Crippen molar-refractivity contribution >= 4 is 14.1 Å². The van der Waals surface area contributed by atoms with Crippen molar-refractivity contribution in [3.63, 3.8) is 0 Å². The van der Waals surface area contributed by atoms with Gasteiger partial charge in [-0.15, -0.1) is 0 Å². The Labute approximate surface area is 112 Å². The highest BCUT2D eigenvalue weighted by molar-refractivity contribution is 6.74. The van der Waals surface area contributed by atoms with Crippen LogP contribution < -0.4 is 0 Å². The van der Waals surface area contributed by atoms with Crippen LogP contribution in [0.4, 0.5) is 0 Å². The van der Waals surface area contributed by atoms with E-state index in [-0.39, 0.29) is 22.8 Å². The summed E-state index contributed by atoms with van der Waals surface area (Å²) in [5.41, 5.74) is 0.719. The SMILES string of the molecule is C=CC1=C[C@H](O[Si](C)(C)C(C)(C)C)[C@H](C)CC1=O. The molecule has 0 aliphatic heterocycles. The topological polar surface area (TPSA) is 26.3 Å². The van der Waals surface area contributed by atoms with E-state index < -0.39 is 8.32 Å². The summed E-state index contributed by atoms with van der Waals surface area (Å²) in [4.78, 5) is 11.8. The zero-order valence-electron chi connectivity index (χ0n) is 12.5. The van der Waals surface area contributed by atoms with Crippen molar-refractivity contribution < 1.29 is 9.22 Å². The molecule has 1 rings (SSSR count). The lowest BCUT2D eigenvalue weighted by molar-refractivity contribution is -0.117. The van der Waals surface area contributed by atoms with E-state index in [2.05, 4.69) is 47.4 Å². The zero-order chi connectivity index (χ0) is 14.1. The van der Waals surface area contributed by atoms with Gasteiger partial charge < -0.3 is 4.43 Å². The maximum atomic E-state index is 11.8. The molecule has 0 unspecified atom stereocenters. The molecule has 2 nitrogen and oxygen atoms in total. The fraction of sp³-hybridized carbons (Fsp3) is 0.667. The van der Waals surface area contributed by atoms with Crippen LogP contribution in [0.15, 0.2) is 24.3 Å². The molecule has 2 atom stereocenters. The average molecular weight is 266 g/mol. The van der Waals surface area contributed by atoms with Crippen molar-refractivity contribution in [3.8, 4) is 0 Å². The zero-order valence-corrected chi connectivity index (χ0v) is 13.5. The highest BCUT2D eigenvalue weighted by atomic mass is 28.4. The normalized spacial score (nSPS) is 25.9. The third-order valence-corrected chi connectivity index (χ3v) is 8.66. The average Bonchev–Trinajstić information content (AvgIpc) is 2.20. The van der Waals surface area contributed by atoms with Crippen LogP contribution in [-0.2, 0) is 9.22 Å². The molecule has 0 heterocycles. The Morgan fingerprint density at radius 3 is 2.44 bits per heavy atom. The number of ketones is 1. The predicted octanol–water partition coefficient (Wildman–Crippen LogP) is 4.10. The molecule has 1 aliphatic carbocycles. The van der Waals surface area contributed by atoms with Crippen LogP contribution in [0, 0.1) is 5.92 Å². The molecule has 0 radical (unpaired) electrons. The van der Waals surface area contributed by atoms with Gasteiger partial charge in [0.1, 0.15) is 0 Å². The van der Waals surface area contributed by atoms with Gasteiger partial charge in [-0.05, 0) is 30.1 Å². The van der Waals surface area contributed by atoms with E-state index in [9.17, 15) is 4.79 Å². The fourth-order valence-electron chi connectivity index (χ4n) is 1.81. The van der Waals surface area contributed by atoms with Crippen molar-refractivity contribution in [1.82, 2.24) is 0 Å². The van der Waals surface area contributed by atoms with Gasteiger partial charge in [0.2, 0.25) is 0 Å². The molecule has 1 aliphatic rings. The Kier molecular flexibility index (Phi) is 4.39. The summed E-state index contributed by atoms with van der Waals surface area (Å²) in [6.45, 7) is 17.0. The summed E-state index contributed by atoms with van der Waals surface area (Å²) in [6, 6.07) is 0. The van der Waals surface area contributed by atoms with E-state index >= 15 is 0 Å². The summed E-state index contributed by atoms with van der Waals surface area (Å²) in [5.74, 6) is 0.447.